The number of pyridine rings is 2. The van der Waals surface area contributed by atoms with E-state index in [-0.39, 0.29) is 28.4 Å². The number of nitrogens with zero attached hydrogens (tertiary/aromatic N) is 6. The first-order valence-electron chi connectivity index (χ1n) is 11.0. The molecule has 36 heavy (non-hydrogen) atoms. The van der Waals surface area contributed by atoms with E-state index in [0.717, 1.165) is 50.1 Å². The van der Waals surface area contributed by atoms with Gasteiger partial charge in [-0.1, -0.05) is 6.58 Å². The maximum absolute atomic E-state index is 13.8. The quantitative estimate of drug-likeness (QED) is 0.481. The molecule has 4 rings (SSSR count). The summed E-state index contributed by atoms with van der Waals surface area (Å²) in [4.78, 5) is 18.7. The predicted octanol–water partition coefficient (Wildman–Crippen LogP) is 3.81. The first kappa shape index (κ1) is 24.9. The van der Waals surface area contributed by atoms with Crippen molar-refractivity contribution in [2.75, 3.05) is 29.0 Å². The largest absolute Gasteiger partial charge is 0.419 e. The van der Waals surface area contributed by atoms with Gasteiger partial charge >= 0.3 is 6.18 Å². The molecule has 1 saturated heterocycles. The van der Waals surface area contributed by atoms with Gasteiger partial charge in [0.05, 0.1) is 29.2 Å². The SMILES string of the molecule is C=C(Nc1ncccc1N1CCC(C)(N)CC1)c1nc(-c2nccc(C#N)c2C(F)(F)F)cnc1N. The van der Waals surface area contributed by atoms with Crippen LogP contribution < -0.4 is 21.7 Å². The molecule has 0 saturated carbocycles. The zero-order valence-corrected chi connectivity index (χ0v) is 19.5. The predicted molar refractivity (Wildman–Crippen MR) is 130 cm³/mol. The van der Waals surface area contributed by atoms with Crippen LogP contribution in [-0.2, 0) is 6.18 Å². The van der Waals surface area contributed by atoms with Crippen LogP contribution in [0.1, 0.15) is 36.6 Å². The van der Waals surface area contributed by atoms with Crippen LogP contribution >= 0.6 is 0 Å². The third-order valence-electron chi connectivity index (χ3n) is 5.99. The summed E-state index contributed by atoms with van der Waals surface area (Å²) in [5.74, 6) is 0.436. The van der Waals surface area contributed by atoms with Crippen molar-refractivity contribution >= 4 is 23.0 Å². The topological polar surface area (TPSA) is 143 Å². The van der Waals surface area contributed by atoms with Crippen LogP contribution in [0.2, 0.25) is 0 Å². The maximum atomic E-state index is 13.8. The molecule has 0 unspecified atom stereocenters. The average Bonchev–Trinajstić information content (AvgIpc) is 2.83. The third-order valence-corrected chi connectivity index (χ3v) is 5.99. The molecule has 5 N–H and O–H groups in total. The van der Waals surface area contributed by atoms with Crippen LogP contribution in [0.15, 0.2) is 43.4 Å². The van der Waals surface area contributed by atoms with E-state index < -0.39 is 23.0 Å². The first-order valence-corrected chi connectivity index (χ1v) is 11.0. The standard InChI is InChI=1S/C24H24F3N9/c1-14(34-22-17(4-3-8-32-22)36-10-6-23(2,30)7-11-36)19-21(29)33-13-16(35-19)20-18(24(25,26)27)15(12-28)5-9-31-20/h3-5,8-9,13H,1,6-7,10-11,30H2,2H3,(H2,29,33)(H,32,34). The number of nitriles is 1. The summed E-state index contributed by atoms with van der Waals surface area (Å²) in [6.45, 7) is 7.45. The molecule has 3 aromatic heterocycles. The number of anilines is 3. The summed E-state index contributed by atoms with van der Waals surface area (Å²) < 4.78 is 41.3. The van der Waals surface area contributed by atoms with Crippen LogP contribution in [0, 0.1) is 11.3 Å². The summed E-state index contributed by atoms with van der Waals surface area (Å²) in [5.41, 5.74) is 10.6. The van der Waals surface area contributed by atoms with Crippen LogP contribution in [0.3, 0.4) is 0 Å². The summed E-state index contributed by atoms with van der Waals surface area (Å²) in [5, 5.41) is 12.3. The number of nitrogens with two attached hydrogens (primary N) is 2. The van der Waals surface area contributed by atoms with Crippen LogP contribution in [0.25, 0.3) is 17.1 Å². The molecule has 0 aliphatic carbocycles. The van der Waals surface area contributed by atoms with Gasteiger partial charge in [0.2, 0.25) is 0 Å². The number of nitrogens with one attached hydrogen (secondary N) is 1. The fourth-order valence-electron chi connectivity index (χ4n) is 3.98. The molecule has 4 heterocycles. The lowest BCUT2D eigenvalue weighted by Crippen LogP contribution is -2.48. The van der Waals surface area contributed by atoms with Gasteiger partial charge in [-0.3, -0.25) is 4.98 Å². The minimum Gasteiger partial charge on any atom is -0.382 e. The summed E-state index contributed by atoms with van der Waals surface area (Å²) >= 11 is 0. The van der Waals surface area contributed by atoms with Crippen LogP contribution in [-0.4, -0.2) is 38.6 Å². The zero-order chi connectivity index (χ0) is 26.1. The van der Waals surface area contributed by atoms with Gasteiger partial charge in [0.15, 0.2) is 11.6 Å². The molecule has 1 aliphatic rings. The lowest BCUT2D eigenvalue weighted by molar-refractivity contribution is -0.137. The number of aromatic nitrogens is 4. The highest BCUT2D eigenvalue weighted by Crippen LogP contribution is 2.38. The van der Waals surface area contributed by atoms with Crippen molar-refractivity contribution in [1.29, 1.82) is 5.26 Å². The Morgan fingerprint density at radius 2 is 1.92 bits per heavy atom. The average molecular weight is 496 g/mol. The third kappa shape index (κ3) is 5.06. The van der Waals surface area contributed by atoms with Crippen molar-refractivity contribution in [3.8, 4) is 17.5 Å². The van der Waals surface area contributed by atoms with Gasteiger partial charge in [-0.2, -0.15) is 18.4 Å². The minimum atomic E-state index is -4.83. The van der Waals surface area contributed by atoms with Gasteiger partial charge < -0.3 is 21.7 Å². The summed E-state index contributed by atoms with van der Waals surface area (Å²) in [6, 6.07) is 6.26. The Labute approximate surface area is 205 Å². The minimum absolute atomic E-state index is 0.0366. The Kier molecular flexibility index (Phi) is 6.51. The molecule has 0 radical (unpaired) electrons. The second kappa shape index (κ2) is 9.43. The number of nitrogen functional groups attached to an aromatic ring is 1. The highest BCUT2D eigenvalue weighted by Gasteiger charge is 2.38. The van der Waals surface area contributed by atoms with E-state index >= 15 is 0 Å². The molecule has 0 amide bonds. The summed E-state index contributed by atoms with van der Waals surface area (Å²) in [7, 11) is 0. The molecule has 186 valence electrons. The smallest absolute Gasteiger partial charge is 0.382 e. The van der Waals surface area contributed by atoms with E-state index in [2.05, 4.69) is 36.7 Å². The fourth-order valence-corrected chi connectivity index (χ4v) is 3.98. The molecular formula is C24H24F3N9. The second-order valence-corrected chi connectivity index (χ2v) is 8.80. The lowest BCUT2D eigenvalue weighted by atomic mass is 9.91. The Morgan fingerprint density at radius 1 is 1.19 bits per heavy atom. The normalized spacial score (nSPS) is 15.3. The second-order valence-electron chi connectivity index (χ2n) is 8.80. The molecule has 12 heteroatoms. The van der Waals surface area contributed by atoms with E-state index in [4.69, 9.17) is 11.5 Å². The van der Waals surface area contributed by atoms with Crippen molar-refractivity contribution in [1.82, 2.24) is 19.9 Å². The molecule has 0 spiro atoms. The molecule has 3 aromatic rings. The van der Waals surface area contributed by atoms with E-state index in [9.17, 15) is 18.4 Å². The Hall–Kier alpha value is -4.24. The number of hydrogen-bond donors (Lipinski definition) is 3. The van der Waals surface area contributed by atoms with E-state index in [1.165, 1.54) is 0 Å². The molecule has 9 nitrogen and oxygen atoms in total. The van der Waals surface area contributed by atoms with Crippen LogP contribution in [0.4, 0.5) is 30.5 Å². The van der Waals surface area contributed by atoms with Gasteiger partial charge in [0.1, 0.15) is 22.6 Å². The Bertz CT molecular complexity index is 1340. The molecular weight excluding hydrogens is 471 g/mol. The van der Waals surface area contributed by atoms with Gasteiger partial charge in [0.25, 0.3) is 0 Å². The van der Waals surface area contributed by atoms with Crippen molar-refractivity contribution in [2.24, 2.45) is 5.73 Å². The lowest BCUT2D eigenvalue weighted by Gasteiger charge is -2.38. The summed E-state index contributed by atoms with van der Waals surface area (Å²) in [6.07, 6.45) is 0.574. The van der Waals surface area contributed by atoms with E-state index in [1.54, 1.807) is 18.3 Å². The Morgan fingerprint density at radius 3 is 2.58 bits per heavy atom. The molecule has 0 bridgehead atoms. The Balaban J connectivity index is 1.67. The fraction of sp³-hybridized carbons (Fsp3) is 0.292. The van der Waals surface area contributed by atoms with E-state index in [1.807, 2.05) is 13.0 Å². The zero-order valence-electron chi connectivity index (χ0n) is 19.5. The highest BCUT2D eigenvalue weighted by molar-refractivity contribution is 5.82. The molecule has 1 fully saturated rings. The number of piperidine rings is 1. The number of hydrogen-bond acceptors (Lipinski definition) is 9. The van der Waals surface area contributed by atoms with Crippen molar-refractivity contribution in [2.45, 2.75) is 31.5 Å². The van der Waals surface area contributed by atoms with Gasteiger partial charge in [-0.25, -0.2) is 15.0 Å². The van der Waals surface area contributed by atoms with Crippen LogP contribution in [0.5, 0.6) is 0 Å². The molecule has 0 aromatic carbocycles. The van der Waals surface area contributed by atoms with Gasteiger partial charge in [0, 0.05) is 31.0 Å². The number of halogens is 3. The monoisotopic (exact) mass is 495 g/mol. The van der Waals surface area contributed by atoms with Crippen molar-refractivity contribution < 1.29 is 13.2 Å². The molecule has 0 atom stereocenters. The number of rotatable bonds is 5. The van der Waals surface area contributed by atoms with Crippen molar-refractivity contribution in [3.05, 3.63) is 60.2 Å². The van der Waals surface area contributed by atoms with E-state index in [0.29, 0.717) is 5.82 Å². The van der Waals surface area contributed by atoms with Gasteiger partial charge in [-0.15, -0.1) is 0 Å². The maximum Gasteiger partial charge on any atom is 0.419 e. The number of alkyl halides is 3. The van der Waals surface area contributed by atoms with Gasteiger partial charge in [-0.05, 0) is 38.0 Å². The first-order chi connectivity index (χ1) is 17.0. The molecule has 1 aliphatic heterocycles. The highest BCUT2D eigenvalue weighted by atomic mass is 19.4. The van der Waals surface area contributed by atoms with Crippen molar-refractivity contribution in [3.63, 3.8) is 0 Å².